The normalized spacial score (nSPS) is 17.3. The zero-order chi connectivity index (χ0) is 17.7. The van der Waals surface area contributed by atoms with Crippen molar-refractivity contribution in [1.29, 1.82) is 0 Å². The smallest absolute Gasteiger partial charge is 0.267 e. The van der Waals surface area contributed by atoms with Gasteiger partial charge in [0.15, 0.2) is 0 Å². The monoisotopic (exact) mass is 356 g/mol. The zero-order valence-corrected chi connectivity index (χ0v) is 15.4. The molecule has 0 saturated carbocycles. The number of amides is 1. The van der Waals surface area contributed by atoms with Gasteiger partial charge in [0.25, 0.3) is 5.91 Å². The lowest BCUT2D eigenvalue weighted by Gasteiger charge is -2.30. The summed E-state index contributed by atoms with van der Waals surface area (Å²) in [6.45, 7) is 9.28. The Balaban J connectivity index is 1.83. The Hall–Kier alpha value is -1.38. The Morgan fingerprint density at radius 2 is 2.04 bits per heavy atom. The van der Waals surface area contributed by atoms with Gasteiger partial charge in [0.05, 0.1) is 0 Å². The molecule has 0 bridgehead atoms. The van der Waals surface area contributed by atoms with Crippen LogP contribution < -0.4 is 10.0 Å². The number of rotatable bonds is 7. The van der Waals surface area contributed by atoms with E-state index in [2.05, 4.69) is 26.8 Å². The number of nitrogens with one attached hydrogen (secondary N) is 3. The predicted octanol–water partition coefficient (Wildman–Crippen LogP) is 1.16. The summed E-state index contributed by atoms with van der Waals surface area (Å²) in [6, 6.07) is 1.16. The minimum Gasteiger partial charge on any atom is -0.356 e. The van der Waals surface area contributed by atoms with Crippen molar-refractivity contribution in [2.24, 2.45) is 5.92 Å². The zero-order valence-electron chi connectivity index (χ0n) is 14.6. The molecule has 1 amide bonds. The Kier molecular flexibility index (Phi) is 6.42. The van der Waals surface area contributed by atoms with Crippen LogP contribution >= 0.6 is 0 Å². The number of hydrogen-bond donors (Lipinski definition) is 3. The lowest BCUT2D eigenvalue weighted by molar-refractivity contribution is 0.0940. The number of likely N-dealkylation sites (tertiary alicyclic amines) is 1. The highest BCUT2D eigenvalue weighted by molar-refractivity contribution is 7.89. The number of nitrogens with zero attached hydrogens (tertiary/aromatic N) is 1. The first kappa shape index (κ1) is 19.0. The molecule has 1 aromatic rings. The van der Waals surface area contributed by atoms with Crippen LogP contribution in [0.5, 0.6) is 0 Å². The van der Waals surface area contributed by atoms with Crippen molar-refractivity contribution in [3.05, 3.63) is 18.0 Å². The topological polar surface area (TPSA) is 94.3 Å². The third-order valence-electron chi connectivity index (χ3n) is 4.19. The van der Waals surface area contributed by atoms with Crippen LogP contribution in [-0.4, -0.2) is 56.4 Å². The number of sulfonamides is 1. The summed E-state index contributed by atoms with van der Waals surface area (Å²) >= 11 is 0. The van der Waals surface area contributed by atoms with Gasteiger partial charge in [-0.15, -0.1) is 0 Å². The number of aromatic amines is 1. The van der Waals surface area contributed by atoms with Gasteiger partial charge < -0.3 is 15.2 Å². The molecule has 0 unspecified atom stereocenters. The molecule has 2 heterocycles. The van der Waals surface area contributed by atoms with Crippen LogP contribution in [0, 0.1) is 5.92 Å². The van der Waals surface area contributed by atoms with E-state index < -0.39 is 10.0 Å². The molecule has 0 atom stereocenters. The Morgan fingerprint density at radius 1 is 1.38 bits per heavy atom. The number of hydrogen-bond acceptors (Lipinski definition) is 4. The maximum Gasteiger partial charge on any atom is 0.267 e. The number of aromatic nitrogens is 1. The molecule has 0 aliphatic carbocycles. The number of H-pyrrole nitrogens is 1. The molecule has 0 radical (unpaired) electrons. The maximum atomic E-state index is 12.1. The van der Waals surface area contributed by atoms with Crippen molar-refractivity contribution in [1.82, 2.24) is 19.9 Å². The standard InChI is InChI=1S/C16H28N4O3S/c1-12(2)19-24(22,23)14-10-15(18-11-14)16(21)17-6-9-20-7-4-13(3)5-8-20/h10-13,18-19H,4-9H2,1-3H3,(H,17,21). The fourth-order valence-electron chi connectivity index (χ4n) is 2.75. The number of carbonyl (C=O) groups is 1. The van der Waals surface area contributed by atoms with Crippen molar-refractivity contribution in [2.75, 3.05) is 26.2 Å². The van der Waals surface area contributed by atoms with Crippen molar-refractivity contribution < 1.29 is 13.2 Å². The van der Waals surface area contributed by atoms with E-state index in [4.69, 9.17) is 0 Å². The molecule has 3 N–H and O–H groups in total. The molecule has 24 heavy (non-hydrogen) atoms. The summed E-state index contributed by atoms with van der Waals surface area (Å²) in [6.07, 6.45) is 3.74. The van der Waals surface area contributed by atoms with Gasteiger partial charge in [0.2, 0.25) is 10.0 Å². The summed E-state index contributed by atoms with van der Waals surface area (Å²) in [5, 5.41) is 2.84. The molecular weight excluding hydrogens is 328 g/mol. The number of carbonyl (C=O) groups excluding carboxylic acids is 1. The largest absolute Gasteiger partial charge is 0.356 e. The minimum atomic E-state index is -3.58. The molecule has 1 aromatic heterocycles. The molecule has 0 spiro atoms. The molecule has 1 aliphatic rings. The average molecular weight is 356 g/mol. The lowest BCUT2D eigenvalue weighted by atomic mass is 9.99. The van der Waals surface area contributed by atoms with E-state index in [0.29, 0.717) is 6.54 Å². The molecule has 136 valence electrons. The first-order valence-corrected chi connectivity index (χ1v) is 9.97. The van der Waals surface area contributed by atoms with Gasteiger partial charge in [-0.2, -0.15) is 0 Å². The van der Waals surface area contributed by atoms with Crippen molar-refractivity contribution >= 4 is 15.9 Å². The summed E-state index contributed by atoms with van der Waals surface area (Å²) < 4.78 is 26.6. The van der Waals surface area contributed by atoms with E-state index in [1.165, 1.54) is 25.1 Å². The maximum absolute atomic E-state index is 12.1. The Morgan fingerprint density at radius 3 is 2.67 bits per heavy atom. The van der Waals surface area contributed by atoms with Gasteiger partial charge in [-0.25, -0.2) is 13.1 Å². The predicted molar refractivity (Wildman–Crippen MR) is 93.4 cm³/mol. The molecule has 2 rings (SSSR count). The van der Waals surface area contributed by atoms with E-state index in [-0.39, 0.29) is 22.5 Å². The Labute approximate surface area is 144 Å². The molecule has 1 aliphatic heterocycles. The van der Waals surface area contributed by atoms with Crippen molar-refractivity contribution in [3.8, 4) is 0 Å². The first-order valence-electron chi connectivity index (χ1n) is 8.49. The van der Waals surface area contributed by atoms with E-state index in [1.807, 2.05) is 0 Å². The summed E-state index contributed by atoms with van der Waals surface area (Å²) in [5.41, 5.74) is 0.256. The van der Waals surface area contributed by atoms with Gasteiger partial charge in [-0.3, -0.25) is 4.79 Å². The van der Waals surface area contributed by atoms with E-state index in [9.17, 15) is 13.2 Å². The van der Waals surface area contributed by atoms with E-state index in [1.54, 1.807) is 13.8 Å². The minimum absolute atomic E-state index is 0.0753. The third-order valence-corrected chi connectivity index (χ3v) is 5.83. The van der Waals surface area contributed by atoms with Crippen LogP contribution in [0.4, 0.5) is 0 Å². The van der Waals surface area contributed by atoms with Crippen LogP contribution in [0.3, 0.4) is 0 Å². The molecular formula is C16H28N4O3S. The van der Waals surface area contributed by atoms with Crippen LogP contribution in [0.25, 0.3) is 0 Å². The lowest BCUT2D eigenvalue weighted by Crippen LogP contribution is -2.39. The van der Waals surface area contributed by atoms with Gasteiger partial charge >= 0.3 is 0 Å². The highest BCUT2D eigenvalue weighted by Crippen LogP contribution is 2.15. The molecule has 1 saturated heterocycles. The van der Waals surface area contributed by atoms with Crippen molar-refractivity contribution in [2.45, 2.75) is 44.6 Å². The second kappa shape index (κ2) is 8.13. The summed E-state index contributed by atoms with van der Waals surface area (Å²) in [4.78, 5) is 17.3. The van der Waals surface area contributed by atoms with Crippen LogP contribution in [0.15, 0.2) is 17.2 Å². The second-order valence-electron chi connectivity index (χ2n) is 6.81. The first-order chi connectivity index (χ1) is 11.3. The van der Waals surface area contributed by atoms with E-state index in [0.717, 1.165) is 25.6 Å². The van der Waals surface area contributed by atoms with Crippen LogP contribution in [-0.2, 0) is 10.0 Å². The molecule has 7 nitrogen and oxygen atoms in total. The van der Waals surface area contributed by atoms with Gasteiger partial charge in [-0.1, -0.05) is 6.92 Å². The van der Waals surface area contributed by atoms with Gasteiger partial charge in [0, 0.05) is 25.3 Å². The summed E-state index contributed by atoms with van der Waals surface area (Å²) in [7, 11) is -3.58. The molecule has 1 fully saturated rings. The summed E-state index contributed by atoms with van der Waals surface area (Å²) in [5.74, 6) is 0.501. The fraction of sp³-hybridized carbons (Fsp3) is 0.688. The molecule has 8 heteroatoms. The van der Waals surface area contributed by atoms with Crippen LogP contribution in [0.1, 0.15) is 44.1 Å². The van der Waals surface area contributed by atoms with E-state index >= 15 is 0 Å². The highest BCUT2D eigenvalue weighted by atomic mass is 32.2. The quantitative estimate of drug-likeness (QED) is 0.683. The third kappa shape index (κ3) is 5.32. The Bertz CT molecular complexity index is 646. The van der Waals surface area contributed by atoms with Crippen molar-refractivity contribution in [3.63, 3.8) is 0 Å². The number of piperidine rings is 1. The highest BCUT2D eigenvalue weighted by Gasteiger charge is 2.19. The second-order valence-corrected chi connectivity index (χ2v) is 8.52. The SMILES string of the molecule is CC1CCN(CCNC(=O)c2cc(S(=O)(=O)NC(C)C)c[nH]2)CC1. The van der Waals surface area contributed by atoms with Gasteiger partial charge in [0.1, 0.15) is 10.6 Å². The van der Waals surface area contributed by atoms with Crippen LogP contribution in [0.2, 0.25) is 0 Å². The fourth-order valence-corrected chi connectivity index (χ4v) is 3.99. The van der Waals surface area contributed by atoms with Gasteiger partial charge in [-0.05, 0) is 51.8 Å². The molecule has 0 aromatic carbocycles. The average Bonchev–Trinajstić information content (AvgIpc) is 2.99.